The van der Waals surface area contributed by atoms with Crippen LogP contribution in [0, 0.1) is 5.92 Å². The summed E-state index contributed by atoms with van der Waals surface area (Å²) in [7, 11) is -3.20. The molecule has 1 amide bonds. The third-order valence-electron chi connectivity index (χ3n) is 5.21. The number of sulfonamides is 1. The van der Waals surface area contributed by atoms with Crippen LogP contribution in [-0.4, -0.2) is 66.4 Å². The standard InChI is InChI=1S/C18H31N5O3S.ClH/c1-14(2)13-27(25,26)22-9-5-15(6-10-22)20-18(24)17-7-11-23(21-17)16-4-3-8-19-12-16;/h7,11,14-16,19H,3-6,8-10,12-13H2,1-2H3,(H,20,24);1H. The van der Waals surface area contributed by atoms with Crippen LogP contribution in [0.25, 0.3) is 0 Å². The van der Waals surface area contributed by atoms with Gasteiger partial charge < -0.3 is 10.6 Å². The van der Waals surface area contributed by atoms with E-state index in [9.17, 15) is 13.2 Å². The van der Waals surface area contributed by atoms with Crippen molar-refractivity contribution in [1.29, 1.82) is 0 Å². The van der Waals surface area contributed by atoms with Crippen molar-refractivity contribution in [3.63, 3.8) is 0 Å². The minimum Gasteiger partial charge on any atom is -0.348 e. The summed E-state index contributed by atoms with van der Waals surface area (Å²) in [4.78, 5) is 12.5. The number of piperidine rings is 2. The molecule has 1 atom stereocenters. The summed E-state index contributed by atoms with van der Waals surface area (Å²) >= 11 is 0. The quantitative estimate of drug-likeness (QED) is 0.707. The number of hydrogen-bond acceptors (Lipinski definition) is 5. The van der Waals surface area contributed by atoms with Crippen molar-refractivity contribution in [1.82, 2.24) is 24.7 Å². The third-order valence-corrected chi connectivity index (χ3v) is 7.45. The first-order chi connectivity index (χ1) is 12.8. The summed E-state index contributed by atoms with van der Waals surface area (Å²) in [5.41, 5.74) is 0.426. The maximum absolute atomic E-state index is 12.5. The number of nitrogens with zero attached hydrogens (tertiary/aromatic N) is 3. The molecule has 1 unspecified atom stereocenters. The van der Waals surface area contributed by atoms with Crippen LogP contribution < -0.4 is 10.6 Å². The van der Waals surface area contributed by atoms with Gasteiger partial charge in [0.25, 0.3) is 5.91 Å². The molecule has 0 aromatic carbocycles. The fourth-order valence-electron chi connectivity index (χ4n) is 3.79. The summed E-state index contributed by atoms with van der Waals surface area (Å²) in [5.74, 6) is 0.111. The average molecular weight is 434 g/mol. The summed E-state index contributed by atoms with van der Waals surface area (Å²) < 4.78 is 28.1. The zero-order valence-electron chi connectivity index (χ0n) is 16.6. The summed E-state index contributed by atoms with van der Waals surface area (Å²) in [6, 6.07) is 2.05. The van der Waals surface area contributed by atoms with Crippen molar-refractivity contribution in [2.45, 2.75) is 51.6 Å². The Morgan fingerprint density at radius 3 is 2.64 bits per heavy atom. The lowest BCUT2D eigenvalue weighted by atomic mass is 10.1. The van der Waals surface area contributed by atoms with Crippen LogP contribution in [0.15, 0.2) is 12.3 Å². The molecule has 10 heteroatoms. The topological polar surface area (TPSA) is 96.3 Å². The molecule has 3 heterocycles. The molecule has 28 heavy (non-hydrogen) atoms. The number of amides is 1. The highest BCUT2D eigenvalue weighted by molar-refractivity contribution is 7.89. The van der Waals surface area contributed by atoms with Crippen LogP contribution in [0.5, 0.6) is 0 Å². The normalized spacial score (nSPS) is 22.0. The molecule has 160 valence electrons. The molecule has 3 rings (SSSR count). The molecule has 0 aliphatic carbocycles. The first-order valence-electron chi connectivity index (χ1n) is 9.89. The predicted molar refractivity (Wildman–Crippen MR) is 111 cm³/mol. The number of hydrogen-bond donors (Lipinski definition) is 2. The van der Waals surface area contributed by atoms with Crippen molar-refractivity contribution in [3.8, 4) is 0 Å². The van der Waals surface area contributed by atoms with Gasteiger partial charge in [-0.1, -0.05) is 13.8 Å². The second-order valence-electron chi connectivity index (χ2n) is 8.00. The van der Waals surface area contributed by atoms with E-state index in [0.717, 1.165) is 25.9 Å². The minimum atomic E-state index is -3.20. The van der Waals surface area contributed by atoms with Crippen LogP contribution in [0.1, 0.15) is 56.1 Å². The second kappa shape index (κ2) is 10.0. The highest BCUT2D eigenvalue weighted by Crippen LogP contribution is 2.18. The largest absolute Gasteiger partial charge is 0.348 e. The van der Waals surface area contributed by atoms with Crippen molar-refractivity contribution < 1.29 is 13.2 Å². The van der Waals surface area contributed by atoms with Gasteiger partial charge in [0.05, 0.1) is 11.8 Å². The molecule has 2 aliphatic rings. The smallest absolute Gasteiger partial charge is 0.271 e. The first kappa shape index (κ1) is 23.1. The zero-order chi connectivity index (χ0) is 19.4. The van der Waals surface area contributed by atoms with E-state index >= 15 is 0 Å². The maximum Gasteiger partial charge on any atom is 0.271 e. The van der Waals surface area contributed by atoms with Crippen LogP contribution in [0.3, 0.4) is 0 Å². The highest BCUT2D eigenvalue weighted by atomic mass is 35.5. The number of rotatable bonds is 6. The van der Waals surface area contributed by atoms with Gasteiger partial charge in [0.2, 0.25) is 10.0 Å². The molecule has 2 saturated heterocycles. The van der Waals surface area contributed by atoms with Gasteiger partial charge in [-0.05, 0) is 44.2 Å². The molecule has 1 aromatic rings. The Bertz CT molecular complexity index is 738. The highest BCUT2D eigenvalue weighted by Gasteiger charge is 2.29. The van der Waals surface area contributed by atoms with Crippen molar-refractivity contribution in [3.05, 3.63) is 18.0 Å². The number of carbonyl (C=O) groups is 1. The molecule has 2 N–H and O–H groups in total. The van der Waals surface area contributed by atoms with E-state index in [4.69, 9.17) is 0 Å². The van der Waals surface area contributed by atoms with Crippen molar-refractivity contribution in [2.24, 2.45) is 5.92 Å². The van der Waals surface area contributed by atoms with Gasteiger partial charge in [-0.3, -0.25) is 9.48 Å². The van der Waals surface area contributed by atoms with Gasteiger partial charge >= 0.3 is 0 Å². The van der Waals surface area contributed by atoms with Gasteiger partial charge in [-0.15, -0.1) is 12.4 Å². The van der Waals surface area contributed by atoms with E-state index in [1.54, 1.807) is 10.4 Å². The van der Waals surface area contributed by atoms with E-state index in [1.165, 1.54) is 0 Å². The van der Waals surface area contributed by atoms with Crippen molar-refractivity contribution in [2.75, 3.05) is 31.9 Å². The molecule has 2 fully saturated rings. The first-order valence-corrected chi connectivity index (χ1v) is 11.5. The monoisotopic (exact) mass is 433 g/mol. The van der Waals surface area contributed by atoms with Crippen molar-refractivity contribution >= 4 is 28.3 Å². The number of carbonyl (C=O) groups excluding carboxylic acids is 1. The molecular weight excluding hydrogens is 402 g/mol. The van der Waals surface area contributed by atoms with Crippen LogP contribution in [0.2, 0.25) is 0 Å². The van der Waals surface area contributed by atoms with E-state index < -0.39 is 10.0 Å². The molecule has 0 spiro atoms. The van der Waals surface area contributed by atoms with Gasteiger partial charge in [0.1, 0.15) is 5.69 Å². The molecule has 0 radical (unpaired) electrons. The Kier molecular flexibility index (Phi) is 8.30. The third kappa shape index (κ3) is 5.92. The Hall–Kier alpha value is -1.16. The lowest BCUT2D eigenvalue weighted by molar-refractivity contribution is 0.0917. The number of aromatic nitrogens is 2. The fraction of sp³-hybridized carbons (Fsp3) is 0.778. The molecule has 8 nitrogen and oxygen atoms in total. The fourth-order valence-corrected chi connectivity index (χ4v) is 5.61. The lowest BCUT2D eigenvalue weighted by Crippen LogP contribution is -2.47. The molecule has 1 aromatic heterocycles. The van der Waals surface area contributed by atoms with Gasteiger partial charge in [0, 0.05) is 31.9 Å². The summed E-state index contributed by atoms with van der Waals surface area (Å²) in [6.45, 7) is 6.66. The summed E-state index contributed by atoms with van der Waals surface area (Å²) in [6.07, 6.45) is 5.32. The number of nitrogens with one attached hydrogen (secondary N) is 2. The van der Waals surface area contributed by atoms with E-state index in [0.29, 0.717) is 37.7 Å². The van der Waals surface area contributed by atoms with Crippen LogP contribution >= 0.6 is 12.4 Å². The van der Waals surface area contributed by atoms with Gasteiger partial charge in [-0.25, -0.2) is 12.7 Å². The van der Waals surface area contributed by atoms with Crippen LogP contribution in [0.4, 0.5) is 0 Å². The predicted octanol–water partition coefficient (Wildman–Crippen LogP) is 1.41. The lowest BCUT2D eigenvalue weighted by Gasteiger charge is -2.31. The second-order valence-corrected chi connectivity index (χ2v) is 10.0. The van der Waals surface area contributed by atoms with E-state index in [-0.39, 0.29) is 36.0 Å². The molecular formula is C18H32ClN5O3S. The Balaban J connectivity index is 0.00000280. The average Bonchev–Trinajstić information content (AvgIpc) is 3.12. The summed E-state index contributed by atoms with van der Waals surface area (Å²) in [5, 5.41) is 10.8. The minimum absolute atomic E-state index is 0. The SMILES string of the molecule is CC(C)CS(=O)(=O)N1CCC(NC(=O)c2ccn(C3CCCNC3)n2)CC1.Cl. The van der Waals surface area contributed by atoms with Crippen LogP contribution in [-0.2, 0) is 10.0 Å². The Morgan fingerprint density at radius 2 is 2.04 bits per heavy atom. The zero-order valence-corrected chi connectivity index (χ0v) is 18.3. The van der Waals surface area contributed by atoms with Gasteiger partial charge in [-0.2, -0.15) is 5.10 Å². The Labute approximate surface area is 173 Å². The van der Waals surface area contributed by atoms with E-state index in [1.807, 2.05) is 24.7 Å². The van der Waals surface area contributed by atoms with E-state index in [2.05, 4.69) is 15.7 Å². The number of halogens is 1. The van der Waals surface area contributed by atoms with Gasteiger partial charge in [0.15, 0.2) is 0 Å². The molecule has 0 saturated carbocycles. The molecule has 0 bridgehead atoms. The molecule has 2 aliphatic heterocycles. The Morgan fingerprint density at radius 1 is 1.32 bits per heavy atom. The maximum atomic E-state index is 12.5.